The molecule has 0 amide bonds. The van der Waals surface area contributed by atoms with Gasteiger partial charge in [0.1, 0.15) is 0 Å². The van der Waals surface area contributed by atoms with Gasteiger partial charge >= 0.3 is 0 Å². The van der Waals surface area contributed by atoms with Crippen LogP contribution < -0.4 is 4.72 Å². The molecular formula is C12H24N2O4S. The second-order valence-electron chi connectivity index (χ2n) is 6.10. The van der Waals surface area contributed by atoms with Gasteiger partial charge in [-0.15, -0.1) is 0 Å². The summed E-state index contributed by atoms with van der Waals surface area (Å²) in [5.74, 6) is 0. The fourth-order valence-corrected chi connectivity index (χ4v) is 3.89. The van der Waals surface area contributed by atoms with Crippen molar-refractivity contribution in [2.75, 3.05) is 33.4 Å². The van der Waals surface area contributed by atoms with Crippen molar-refractivity contribution < 1.29 is 17.9 Å². The summed E-state index contributed by atoms with van der Waals surface area (Å²) < 4.78 is 39.3. The molecule has 0 aromatic rings. The van der Waals surface area contributed by atoms with Crippen LogP contribution in [0.1, 0.15) is 26.7 Å². The van der Waals surface area contributed by atoms with Crippen LogP contribution in [0.4, 0.5) is 0 Å². The summed E-state index contributed by atoms with van der Waals surface area (Å²) in [4.78, 5) is 0. The Morgan fingerprint density at radius 3 is 2.47 bits per heavy atom. The summed E-state index contributed by atoms with van der Waals surface area (Å²) in [6.07, 6.45) is 1.59. The van der Waals surface area contributed by atoms with E-state index >= 15 is 0 Å². The lowest BCUT2D eigenvalue weighted by atomic mass is 9.83. The van der Waals surface area contributed by atoms with E-state index in [4.69, 9.17) is 9.47 Å². The van der Waals surface area contributed by atoms with Gasteiger partial charge in [0.2, 0.25) is 0 Å². The van der Waals surface area contributed by atoms with Crippen LogP contribution >= 0.6 is 0 Å². The molecule has 0 bridgehead atoms. The van der Waals surface area contributed by atoms with Gasteiger partial charge in [0.25, 0.3) is 10.2 Å². The molecule has 2 aliphatic heterocycles. The van der Waals surface area contributed by atoms with Gasteiger partial charge in [0.05, 0.1) is 25.4 Å². The van der Waals surface area contributed by atoms with Crippen LogP contribution in [-0.4, -0.2) is 58.3 Å². The molecule has 2 heterocycles. The van der Waals surface area contributed by atoms with Gasteiger partial charge in [-0.3, -0.25) is 0 Å². The third-order valence-corrected chi connectivity index (χ3v) is 5.69. The van der Waals surface area contributed by atoms with Crippen LogP contribution in [-0.2, 0) is 19.7 Å². The van der Waals surface area contributed by atoms with E-state index in [9.17, 15) is 8.42 Å². The zero-order chi connectivity index (χ0) is 14.1. The lowest BCUT2D eigenvalue weighted by Gasteiger charge is -2.36. The Bertz CT molecular complexity index is 400. The molecule has 0 saturated carbocycles. The molecule has 0 aliphatic carbocycles. The molecule has 0 unspecified atom stereocenters. The van der Waals surface area contributed by atoms with E-state index in [0.717, 1.165) is 12.8 Å². The predicted molar refractivity (Wildman–Crippen MR) is 72.0 cm³/mol. The van der Waals surface area contributed by atoms with E-state index in [1.807, 2.05) is 0 Å². The predicted octanol–water partition coefficient (Wildman–Crippen LogP) is 0.357. The third kappa shape index (κ3) is 3.66. The van der Waals surface area contributed by atoms with Crippen molar-refractivity contribution in [3.05, 3.63) is 0 Å². The van der Waals surface area contributed by atoms with Crippen LogP contribution in [0.2, 0.25) is 0 Å². The fraction of sp³-hybridized carbons (Fsp3) is 1.00. The Hall–Kier alpha value is -0.210. The molecule has 2 atom stereocenters. The maximum atomic E-state index is 12.3. The number of hydrogen-bond acceptors (Lipinski definition) is 4. The first-order chi connectivity index (χ1) is 8.84. The Morgan fingerprint density at radius 2 is 1.89 bits per heavy atom. The zero-order valence-electron chi connectivity index (χ0n) is 11.9. The van der Waals surface area contributed by atoms with E-state index in [1.165, 1.54) is 4.31 Å². The highest BCUT2D eigenvalue weighted by Gasteiger charge is 2.36. The van der Waals surface area contributed by atoms with Gasteiger partial charge < -0.3 is 9.47 Å². The standard InChI is InChI=1S/C12H24N2O4S/c1-12(2)4-6-14(7-5-12)19(15,16)13-10-8-18-9-11(10)17-3/h10-11,13H,4-9H2,1-3H3/t10-,11-/m0/s1. The largest absolute Gasteiger partial charge is 0.377 e. The molecule has 2 aliphatic rings. The molecule has 0 aromatic heterocycles. The lowest BCUT2D eigenvalue weighted by molar-refractivity contribution is 0.0757. The number of ether oxygens (including phenoxy) is 2. The van der Waals surface area contributed by atoms with Crippen LogP contribution in [0.25, 0.3) is 0 Å². The minimum Gasteiger partial charge on any atom is -0.377 e. The number of nitrogens with zero attached hydrogens (tertiary/aromatic N) is 1. The quantitative estimate of drug-likeness (QED) is 0.812. The molecule has 0 spiro atoms. The number of methoxy groups -OCH3 is 1. The second-order valence-corrected chi connectivity index (χ2v) is 7.81. The normalized spacial score (nSPS) is 32.6. The van der Waals surface area contributed by atoms with E-state index in [1.54, 1.807) is 7.11 Å². The Balaban J connectivity index is 1.95. The van der Waals surface area contributed by atoms with Gasteiger partial charge in [0, 0.05) is 20.2 Å². The number of rotatable bonds is 4. The maximum absolute atomic E-state index is 12.3. The van der Waals surface area contributed by atoms with Gasteiger partial charge in [0.15, 0.2) is 0 Å². The minimum absolute atomic E-state index is 0.198. The summed E-state index contributed by atoms with van der Waals surface area (Å²) in [7, 11) is -1.86. The third-order valence-electron chi connectivity index (χ3n) is 4.05. The van der Waals surface area contributed by atoms with E-state index < -0.39 is 10.2 Å². The molecule has 1 N–H and O–H groups in total. The summed E-state index contributed by atoms with van der Waals surface area (Å²) in [5.41, 5.74) is 0.234. The van der Waals surface area contributed by atoms with E-state index in [-0.39, 0.29) is 17.6 Å². The molecule has 0 radical (unpaired) electrons. The van der Waals surface area contributed by atoms with Crippen molar-refractivity contribution in [3.8, 4) is 0 Å². The van der Waals surface area contributed by atoms with Crippen molar-refractivity contribution in [2.24, 2.45) is 5.41 Å². The van der Waals surface area contributed by atoms with Crippen LogP contribution in [0.15, 0.2) is 0 Å². The highest BCUT2D eigenvalue weighted by atomic mass is 32.2. The first-order valence-electron chi connectivity index (χ1n) is 6.72. The van der Waals surface area contributed by atoms with Gasteiger partial charge in [-0.05, 0) is 18.3 Å². The lowest BCUT2D eigenvalue weighted by Crippen LogP contribution is -2.52. The van der Waals surface area contributed by atoms with E-state index in [0.29, 0.717) is 26.3 Å². The van der Waals surface area contributed by atoms with Gasteiger partial charge in [-0.25, -0.2) is 0 Å². The summed E-state index contributed by atoms with van der Waals surface area (Å²) in [6.45, 7) is 6.32. The topological polar surface area (TPSA) is 67.9 Å². The molecule has 2 fully saturated rings. The molecular weight excluding hydrogens is 268 g/mol. The summed E-state index contributed by atoms with van der Waals surface area (Å²) in [5, 5.41) is 0. The smallest absolute Gasteiger partial charge is 0.279 e. The average Bonchev–Trinajstić information content (AvgIpc) is 2.75. The molecule has 2 rings (SSSR count). The molecule has 7 heteroatoms. The number of nitrogens with one attached hydrogen (secondary N) is 1. The molecule has 19 heavy (non-hydrogen) atoms. The average molecular weight is 292 g/mol. The zero-order valence-corrected chi connectivity index (χ0v) is 12.7. The number of piperidine rings is 1. The minimum atomic E-state index is -3.44. The fourth-order valence-electron chi connectivity index (χ4n) is 2.47. The van der Waals surface area contributed by atoms with Crippen LogP contribution in [0.3, 0.4) is 0 Å². The molecule has 2 saturated heterocycles. The Kier molecular flexibility index (Phi) is 4.52. The first kappa shape index (κ1) is 15.2. The monoisotopic (exact) mass is 292 g/mol. The summed E-state index contributed by atoms with van der Waals surface area (Å²) in [6, 6.07) is -0.287. The van der Waals surface area contributed by atoms with E-state index in [2.05, 4.69) is 18.6 Å². The summed E-state index contributed by atoms with van der Waals surface area (Å²) >= 11 is 0. The number of hydrogen-bond donors (Lipinski definition) is 1. The Morgan fingerprint density at radius 1 is 1.26 bits per heavy atom. The van der Waals surface area contributed by atoms with Gasteiger partial charge in [-0.2, -0.15) is 17.4 Å². The second kappa shape index (κ2) is 5.65. The molecule has 112 valence electrons. The van der Waals surface area contributed by atoms with Crippen molar-refractivity contribution in [1.82, 2.24) is 9.03 Å². The maximum Gasteiger partial charge on any atom is 0.279 e. The van der Waals surface area contributed by atoms with Crippen molar-refractivity contribution in [3.63, 3.8) is 0 Å². The SMILES string of the molecule is CO[C@H]1COC[C@@H]1NS(=O)(=O)N1CCC(C)(C)CC1. The van der Waals surface area contributed by atoms with Crippen molar-refractivity contribution in [2.45, 2.75) is 38.8 Å². The highest BCUT2D eigenvalue weighted by molar-refractivity contribution is 7.87. The van der Waals surface area contributed by atoms with Crippen LogP contribution in [0, 0.1) is 5.41 Å². The first-order valence-corrected chi connectivity index (χ1v) is 8.16. The van der Waals surface area contributed by atoms with Crippen molar-refractivity contribution in [1.29, 1.82) is 0 Å². The molecule has 6 nitrogen and oxygen atoms in total. The highest BCUT2D eigenvalue weighted by Crippen LogP contribution is 2.30. The molecule has 0 aromatic carbocycles. The van der Waals surface area contributed by atoms with Crippen molar-refractivity contribution >= 4 is 10.2 Å². The van der Waals surface area contributed by atoms with Gasteiger partial charge in [-0.1, -0.05) is 13.8 Å². The Labute approximate surface area is 115 Å². The van der Waals surface area contributed by atoms with Crippen LogP contribution in [0.5, 0.6) is 0 Å².